The molecule has 1 nitrogen and oxygen atoms in total. The fourth-order valence-electron chi connectivity index (χ4n) is 3.04. The predicted molar refractivity (Wildman–Crippen MR) is 87.9 cm³/mol. The van der Waals surface area contributed by atoms with Gasteiger partial charge in [-0.3, -0.25) is 0 Å². The molecule has 1 heterocycles. The highest BCUT2D eigenvalue weighted by molar-refractivity contribution is 9.10. The van der Waals surface area contributed by atoms with E-state index in [4.69, 9.17) is 0 Å². The second-order valence-electron chi connectivity index (χ2n) is 5.84. The van der Waals surface area contributed by atoms with E-state index < -0.39 is 0 Å². The van der Waals surface area contributed by atoms with E-state index in [2.05, 4.69) is 28.2 Å². The summed E-state index contributed by atoms with van der Waals surface area (Å²) in [4.78, 5) is 0. The lowest BCUT2D eigenvalue weighted by molar-refractivity contribution is 0.547. The van der Waals surface area contributed by atoms with Gasteiger partial charge in [-0.25, -0.2) is 4.39 Å². The van der Waals surface area contributed by atoms with E-state index in [0.29, 0.717) is 5.92 Å². The minimum Gasteiger partial charge on any atom is -0.383 e. The third-order valence-electron chi connectivity index (χ3n) is 4.21. The zero-order valence-corrected chi connectivity index (χ0v) is 13.9. The molecule has 0 saturated carbocycles. The van der Waals surface area contributed by atoms with Gasteiger partial charge in [0.25, 0.3) is 0 Å². The average molecular weight is 342 g/mol. The normalized spacial score (nSPS) is 17.1. The Morgan fingerprint density at radius 2 is 1.85 bits per heavy atom. The standard InChI is InChI=1S/C17H25BrFN/c1-2-3-4-5-6-7-8-9-13-12-20-17-15(13)10-14(19)11-16(17)18/h10-11,13,20H,2-9,12H2,1H3. The van der Waals surface area contributed by atoms with Crippen molar-refractivity contribution < 1.29 is 4.39 Å². The van der Waals surface area contributed by atoms with Crippen molar-refractivity contribution in [3.05, 3.63) is 28.0 Å². The number of anilines is 1. The molecule has 0 radical (unpaired) electrons. The number of hydrogen-bond donors (Lipinski definition) is 1. The third-order valence-corrected chi connectivity index (χ3v) is 4.83. The van der Waals surface area contributed by atoms with E-state index in [9.17, 15) is 4.39 Å². The molecule has 0 aromatic heterocycles. The van der Waals surface area contributed by atoms with Gasteiger partial charge < -0.3 is 5.32 Å². The second kappa shape index (κ2) is 8.02. The van der Waals surface area contributed by atoms with Crippen LogP contribution in [0.4, 0.5) is 10.1 Å². The molecule has 1 aliphatic heterocycles. The van der Waals surface area contributed by atoms with Gasteiger partial charge in [0.2, 0.25) is 0 Å². The second-order valence-corrected chi connectivity index (χ2v) is 6.69. The first-order valence-electron chi connectivity index (χ1n) is 7.95. The minimum absolute atomic E-state index is 0.135. The first-order valence-corrected chi connectivity index (χ1v) is 8.74. The van der Waals surface area contributed by atoms with Crippen LogP contribution in [0, 0.1) is 5.82 Å². The van der Waals surface area contributed by atoms with Crippen LogP contribution in [0.1, 0.15) is 69.8 Å². The summed E-state index contributed by atoms with van der Waals surface area (Å²) in [6.07, 6.45) is 10.5. The van der Waals surface area contributed by atoms with Gasteiger partial charge in [0.1, 0.15) is 5.82 Å². The SMILES string of the molecule is CCCCCCCCCC1CNc2c(Br)cc(F)cc21. The fraction of sp³-hybridized carbons (Fsp3) is 0.647. The van der Waals surface area contributed by atoms with E-state index in [0.717, 1.165) is 22.3 Å². The van der Waals surface area contributed by atoms with Crippen molar-refractivity contribution in [2.24, 2.45) is 0 Å². The molecule has 2 rings (SSSR count). The van der Waals surface area contributed by atoms with Gasteiger partial charge in [0, 0.05) is 16.9 Å². The number of halogens is 2. The maximum absolute atomic E-state index is 13.5. The lowest BCUT2D eigenvalue weighted by atomic mass is 9.94. The molecule has 0 amide bonds. The maximum Gasteiger partial charge on any atom is 0.124 e. The third kappa shape index (κ3) is 4.21. The van der Waals surface area contributed by atoms with Gasteiger partial charge >= 0.3 is 0 Å². The van der Waals surface area contributed by atoms with E-state index in [1.54, 1.807) is 12.1 Å². The van der Waals surface area contributed by atoms with Crippen LogP contribution in [0.5, 0.6) is 0 Å². The highest BCUT2D eigenvalue weighted by Gasteiger charge is 2.24. The van der Waals surface area contributed by atoms with Crippen molar-refractivity contribution >= 4 is 21.6 Å². The van der Waals surface area contributed by atoms with E-state index in [1.807, 2.05) is 0 Å². The monoisotopic (exact) mass is 341 g/mol. The Balaban J connectivity index is 1.74. The summed E-state index contributed by atoms with van der Waals surface area (Å²) in [5.74, 6) is 0.344. The molecular formula is C17H25BrFN. The average Bonchev–Trinajstić information content (AvgIpc) is 2.81. The smallest absolute Gasteiger partial charge is 0.124 e. The van der Waals surface area contributed by atoms with Crippen molar-refractivity contribution in [2.75, 3.05) is 11.9 Å². The lowest BCUT2D eigenvalue weighted by Crippen LogP contribution is -2.01. The highest BCUT2D eigenvalue weighted by atomic mass is 79.9. The van der Waals surface area contributed by atoms with Crippen LogP contribution in [0.25, 0.3) is 0 Å². The van der Waals surface area contributed by atoms with Gasteiger partial charge in [-0.15, -0.1) is 0 Å². The first-order chi connectivity index (χ1) is 9.72. The molecule has 0 spiro atoms. The summed E-state index contributed by atoms with van der Waals surface area (Å²) in [6, 6.07) is 3.24. The topological polar surface area (TPSA) is 12.0 Å². The molecular weight excluding hydrogens is 317 g/mol. The number of rotatable bonds is 8. The van der Waals surface area contributed by atoms with Crippen molar-refractivity contribution in [3.63, 3.8) is 0 Å². The summed E-state index contributed by atoms with van der Waals surface area (Å²) in [6.45, 7) is 3.20. The Labute approximate surface area is 130 Å². The summed E-state index contributed by atoms with van der Waals surface area (Å²) in [7, 11) is 0. The van der Waals surface area contributed by atoms with Crippen molar-refractivity contribution in [1.82, 2.24) is 0 Å². The number of fused-ring (bicyclic) bond motifs is 1. The van der Waals surface area contributed by atoms with Crippen LogP contribution in [0.15, 0.2) is 16.6 Å². The zero-order chi connectivity index (χ0) is 14.4. The molecule has 1 N–H and O–H groups in total. The molecule has 1 aromatic carbocycles. The number of nitrogens with one attached hydrogen (secondary N) is 1. The van der Waals surface area contributed by atoms with Gasteiger partial charge in [-0.05, 0) is 40.0 Å². The molecule has 0 aliphatic carbocycles. The van der Waals surface area contributed by atoms with Gasteiger partial charge in [0.15, 0.2) is 0 Å². The van der Waals surface area contributed by atoms with E-state index >= 15 is 0 Å². The lowest BCUT2D eigenvalue weighted by Gasteiger charge is -2.10. The Morgan fingerprint density at radius 3 is 2.60 bits per heavy atom. The van der Waals surface area contributed by atoms with Gasteiger partial charge in [-0.2, -0.15) is 0 Å². The van der Waals surface area contributed by atoms with Gasteiger partial charge in [0.05, 0.1) is 5.69 Å². The summed E-state index contributed by atoms with van der Waals surface area (Å²) in [5.41, 5.74) is 2.25. The van der Waals surface area contributed by atoms with Crippen LogP contribution >= 0.6 is 15.9 Å². The van der Waals surface area contributed by atoms with Crippen LogP contribution in [-0.4, -0.2) is 6.54 Å². The van der Waals surface area contributed by atoms with Crippen molar-refractivity contribution in [3.8, 4) is 0 Å². The van der Waals surface area contributed by atoms with Gasteiger partial charge in [-0.1, -0.05) is 51.9 Å². The first kappa shape index (κ1) is 15.8. The fourth-order valence-corrected chi connectivity index (χ4v) is 3.63. The molecule has 1 unspecified atom stereocenters. The van der Waals surface area contributed by atoms with E-state index in [-0.39, 0.29) is 5.82 Å². The molecule has 112 valence electrons. The highest BCUT2D eigenvalue weighted by Crippen LogP contribution is 2.40. The molecule has 1 atom stereocenters. The molecule has 3 heteroatoms. The molecule has 20 heavy (non-hydrogen) atoms. The largest absolute Gasteiger partial charge is 0.383 e. The van der Waals surface area contributed by atoms with E-state index in [1.165, 1.54) is 51.4 Å². The number of hydrogen-bond acceptors (Lipinski definition) is 1. The van der Waals surface area contributed by atoms with Crippen LogP contribution in [0.3, 0.4) is 0 Å². The Bertz CT molecular complexity index is 433. The Morgan fingerprint density at radius 1 is 1.15 bits per heavy atom. The zero-order valence-electron chi connectivity index (χ0n) is 12.4. The molecule has 1 aromatic rings. The van der Waals surface area contributed by atoms with Crippen LogP contribution < -0.4 is 5.32 Å². The summed E-state index contributed by atoms with van der Waals surface area (Å²) < 4.78 is 14.4. The number of unbranched alkanes of at least 4 members (excludes halogenated alkanes) is 6. The minimum atomic E-state index is -0.135. The molecule has 0 saturated heterocycles. The summed E-state index contributed by atoms with van der Waals surface area (Å²) in [5, 5.41) is 3.40. The molecule has 0 fully saturated rings. The summed E-state index contributed by atoms with van der Waals surface area (Å²) >= 11 is 3.44. The number of benzene rings is 1. The van der Waals surface area contributed by atoms with Crippen LogP contribution in [0.2, 0.25) is 0 Å². The quantitative estimate of drug-likeness (QED) is 0.552. The predicted octanol–water partition coefficient (Wildman–Crippen LogP) is 6.24. The molecule has 1 aliphatic rings. The van der Waals surface area contributed by atoms with Crippen LogP contribution in [-0.2, 0) is 0 Å². The van der Waals surface area contributed by atoms with Crippen molar-refractivity contribution in [1.29, 1.82) is 0 Å². The maximum atomic E-state index is 13.5. The Kier molecular flexibility index (Phi) is 6.34. The molecule has 0 bridgehead atoms. The Hall–Kier alpha value is -0.570. The van der Waals surface area contributed by atoms with Crippen molar-refractivity contribution in [2.45, 2.75) is 64.2 Å².